The number of carbonyl (C=O) groups excluding carboxylic acids is 1. The van der Waals surface area contributed by atoms with Crippen LogP contribution in [-0.2, 0) is 23.8 Å². The Labute approximate surface area is 221 Å². The number of hydrogen-bond acceptors (Lipinski definition) is 5. The number of hydrogen-bond donors (Lipinski definition) is 0. The molecule has 0 spiro atoms. The normalized spacial score (nSPS) is 11.6. The Kier molecular flexibility index (Phi) is 19.6. The van der Waals surface area contributed by atoms with Crippen LogP contribution < -0.4 is 0 Å². The van der Waals surface area contributed by atoms with Crippen LogP contribution in [0.1, 0.15) is 134 Å². The Morgan fingerprint density at radius 2 is 0.972 bits per heavy atom. The van der Waals surface area contributed by atoms with E-state index in [0.717, 1.165) is 37.7 Å². The van der Waals surface area contributed by atoms with E-state index < -0.39 is 10.1 Å². The van der Waals surface area contributed by atoms with Crippen molar-refractivity contribution in [2.45, 2.75) is 140 Å². The maximum absolute atomic E-state index is 12.1. The van der Waals surface area contributed by atoms with Crippen molar-refractivity contribution >= 4 is 16.1 Å². The van der Waals surface area contributed by atoms with Gasteiger partial charge in [-0.2, -0.15) is 8.42 Å². The van der Waals surface area contributed by atoms with E-state index in [0.29, 0.717) is 6.42 Å². The highest BCUT2D eigenvalue weighted by molar-refractivity contribution is 7.86. The number of esters is 1. The Morgan fingerprint density at radius 1 is 0.611 bits per heavy atom. The van der Waals surface area contributed by atoms with E-state index in [9.17, 15) is 13.2 Å². The molecule has 0 N–H and O–H groups in total. The van der Waals surface area contributed by atoms with Gasteiger partial charge >= 0.3 is 5.97 Å². The van der Waals surface area contributed by atoms with E-state index in [4.69, 9.17) is 4.18 Å². The molecule has 0 saturated heterocycles. The molecule has 1 aromatic rings. The van der Waals surface area contributed by atoms with Gasteiger partial charge in [-0.15, -0.1) is 0 Å². The third-order valence-electron chi connectivity index (χ3n) is 6.80. The predicted molar refractivity (Wildman–Crippen MR) is 149 cm³/mol. The SMILES string of the molecule is COC(=O)CCCCCCCCCCCCCCCCCCCCCOS(=O)(=O)c1ccc(C)cc1. The quantitative estimate of drug-likeness (QED) is 0.0768. The van der Waals surface area contributed by atoms with Crippen LogP contribution in [0.15, 0.2) is 29.2 Å². The van der Waals surface area contributed by atoms with Gasteiger partial charge in [-0.1, -0.05) is 127 Å². The van der Waals surface area contributed by atoms with Crippen LogP contribution in [0, 0.1) is 6.92 Å². The zero-order valence-electron chi connectivity index (χ0n) is 23.1. The molecule has 0 atom stereocenters. The van der Waals surface area contributed by atoms with Crippen molar-refractivity contribution in [2.24, 2.45) is 0 Å². The van der Waals surface area contributed by atoms with Crippen molar-refractivity contribution < 1.29 is 22.1 Å². The van der Waals surface area contributed by atoms with E-state index in [1.165, 1.54) is 97.0 Å². The fourth-order valence-electron chi connectivity index (χ4n) is 4.42. The van der Waals surface area contributed by atoms with Crippen LogP contribution in [0.5, 0.6) is 0 Å². The minimum Gasteiger partial charge on any atom is -0.469 e. The van der Waals surface area contributed by atoms with Crippen molar-refractivity contribution in [3.8, 4) is 0 Å². The summed E-state index contributed by atoms with van der Waals surface area (Å²) in [5, 5.41) is 0. The highest BCUT2D eigenvalue weighted by Gasteiger charge is 2.14. The van der Waals surface area contributed by atoms with Crippen LogP contribution in [-0.4, -0.2) is 28.1 Å². The van der Waals surface area contributed by atoms with Crippen LogP contribution in [0.25, 0.3) is 0 Å². The number of unbranched alkanes of at least 4 members (excludes halogenated alkanes) is 18. The van der Waals surface area contributed by atoms with Crippen molar-refractivity contribution in [2.75, 3.05) is 13.7 Å². The lowest BCUT2D eigenvalue weighted by molar-refractivity contribution is -0.140. The molecule has 0 aliphatic carbocycles. The Hall–Kier alpha value is -1.40. The molecular weight excluding hydrogens is 472 g/mol. The van der Waals surface area contributed by atoms with Gasteiger partial charge in [0.2, 0.25) is 0 Å². The van der Waals surface area contributed by atoms with Gasteiger partial charge in [-0.3, -0.25) is 8.98 Å². The molecule has 0 aliphatic heterocycles. The first-order valence-electron chi connectivity index (χ1n) is 14.5. The lowest BCUT2D eigenvalue weighted by Gasteiger charge is -2.06. The number of carbonyl (C=O) groups is 1. The molecule has 0 amide bonds. The van der Waals surface area contributed by atoms with E-state index in [-0.39, 0.29) is 17.5 Å². The molecule has 0 bridgehead atoms. The van der Waals surface area contributed by atoms with Gasteiger partial charge in [0.15, 0.2) is 0 Å². The third kappa shape index (κ3) is 17.9. The van der Waals surface area contributed by atoms with Gasteiger partial charge in [0.25, 0.3) is 10.1 Å². The van der Waals surface area contributed by atoms with Crippen molar-refractivity contribution in [1.29, 1.82) is 0 Å². The van der Waals surface area contributed by atoms with Gasteiger partial charge in [-0.05, 0) is 31.9 Å². The monoisotopic (exact) mass is 524 g/mol. The zero-order chi connectivity index (χ0) is 26.3. The van der Waals surface area contributed by atoms with E-state index >= 15 is 0 Å². The number of ether oxygens (including phenoxy) is 1. The second-order valence-electron chi connectivity index (χ2n) is 10.1. The topological polar surface area (TPSA) is 69.7 Å². The van der Waals surface area contributed by atoms with Gasteiger partial charge in [0.05, 0.1) is 18.6 Å². The average Bonchev–Trinajstić information content (AvgIpc) is 2.87. The molecule has 0 aromatic heterocycles. The van der Waals surface area contributed by atoms with E-state index in [2.05, 4.69) is 4.74 Å². The molecule has 0 radical (unpaired) electrons. The summed E-state index contributed by atoms with van der Waals surface area (Å²) in [4.78, 5) is 11.3. The summed E-state index contributed by atoms with van der Waals surface area (Å²) in [6.07, 6.45) is 24.3. The van der Waals surface area contributed by atoms with Crippen molar-refractivity contribution in [1.82, 2.24) is 0 Å². The summed E-state index contributed by atoms with van der Waals surface area (Å²) in [5.41, 5.74) is 1.04. The van der Waals surface area contributed by atoms with E-state index in [1.54, 1.807) is 24.3 Å². The Bertz CT molecular complexity index is 758. The van der Waals surface area contributed by atoms with E-state index in [1.807, 2.05) is 6.92 Å². The summed E-state index contributed by atoms with van der Waals surface area (Å²) in [5.74, 6) is -0.0835. The molecule has 5 nitrogen and oxygen atoms in total. The summed E-state index contributed by atoms with van der Waals surface area (Å²) < 4.78 is 34.1. The van der Waals surface area contributed by atoms with Gasteiger partial charge in [0, 0.05) is 6.42 Å². The number of aryl methyl sites for hydroxylation is 1. The molecule has 6 heteroatoms. The molecule has 208 valence electrons. The second kappa shape index (κ2) is 21.7. The maximum atomic E-state index is 12.1. The highest BCUT2D eigenvalue weighted by atomic mass is 32.2. The summed E-state index contributed by atoms with van der Waals surface area (Å²) in [6.45, 7) is 2.21. The van der Waals surface area contributed by atoms with Crippen LogP contribution in [0.4, 0.5) is 0 Å². The fraction of sp³-hybridized carbons (Fsp3) is 0.767. The van der Waals surface area contributed by atoms with Crippen molar-refractivity contribution in [3.63, 3.8) is 0 Å². The third-order valence-corrected chi connectivity index (χ3v) is 8.13. The maximum Gasteiger partial charge on any atom is 0.305 e. The summed E-state index contributed by atoms with van der Waals surface area (Å²) in [6, 6.07) is 6.79. The standard InChI is InChI=1S/C30H52O5S/c1-28-23-25-29(26-24-28)36(32,33)35-27-21-19-17-15-13-11-9-7-5-3-4-6-8-10-12-14-16-18-20-22-30(31)34-2/h23-26H,3-22,27H2,1-2H3. The smallest absolute Gasteiger partial charge is 0.305 e. The molecule has 0 saturated carbocycles. The van der Waals surface area contributed by atoms with Crippen LogP contribution >= 0.6 is 0 Å². The first-order chi connectivity index (χ1) is 17.5. The number of methoxy groups -OCH3 is 1. The lowest BCUT2D eigenvalue weighted by atomic mass is 10.0. The summed E-state index contributed by atoms with van der Waals surface area (Å²) >= 11 is 0. The number of benzene rings is 1. The molecule has 36 heavy (non-hydrogen) atoms. The lowest BCUT2D eigenvalue weighted by Crippen LogP contribution is -2.07. The van der Waals surface area contributed by atoms with Gasteiger partial charge in [0.1, 0.15) is 0 Å². The van der Waals surface area contributed by atoms with Gasteiger partial charge < -0.3 is 4.74 Å². The molecule has 0 fully saturated rings. The molecular formula is C30H52O5S. The van der Waals surface area contributed by atoms with Crippen molar-refractivity contribution in [3.05, 3.63) is 29.8 Å². The van der Waals surface area contributed by atoms with Crippen LogP contribution in [0.3, 0.4) is 0 Å². The molecule has 0 aliphatic rings. The molecule has 0 heterocycles. The zero-order valence-corrected chi connectivity index (χ0v) is 23.9. The minimum absolute atomic E-state index is 0.0835. The molecule has 1 aromatic carbocycles. The second-order valence-corrected chi connectivity index (χ2v) is 11.7. The molecule has 0 unspecified atom stereocenters. The molecule has 1 rings (SSSR count). The van der Waals surface area contributed by atoms with Gasteiger partial charge in [-0.25, -0.2) is 0 Å². The predicted octanol–water partition coefficient (Wildman–Crippen LogP) is 8.68. The first-order valence-corrected chi connectivity index (χ1v) is 15.9. The Balaban J connectivity index is 1.77. The average molecular weight is 525 g/mol. The Morgan fingerprint density at radius 3 is 1.36 bits per heavy atom. The number of rotatable bonds is 24. The first kappa shape index (κ1) is 32.6. The minimum atomic E-state index is -3.62. The summed E-state index contributed by atoms with van der Waals surface area (Å²) in [7, 11) is -2.16. The van der Waals surface area contributed by atoms with Crippen LogP contribution in [0.2, 0.25) is 0 Å². The fourth-order valence-corrected chi connectivity index (χ4v) is 5.36. The largest absolute Gasteiger partial charge is 0.469 e. The highest BCUT2D eigenvalue weighted by Crippen LogP contribution is 2.16.